The van der Waals surface area contributed by atoms with Crippen LogP contribution < -0.4 is 4.74 Å². The van der Waals surface area contributed by atoms with Crippen LogP contribution in [0.4, 0.5) is 5.69 Å². The SMILES string of the molecule is CSC(CC(=O)c1ccccc1)=Nc1ccc(OCCN2CCCC2)cc1. The minimum Gasteiger partial charge on any atom is -0.492 e. The van der Waals surface area contributed by atoms with Gasteiger partial charge in [-0.15, -0.1) is 11.8 Å². The molecule has 2 aromatic rings. The van der Waals surface area contributed by atoms with Crippen LogP contribution in [0.15, 0.2) is 59.6 Å². The Hall–Kier alpha value is -2.11. The van der Waals surface area contributed by atoms with Gasteiger partial charge in [-0.2, -0.15) is 0 Å². The quantitative estimate of drug-likeness (QED) is 0.373. The summed E-state index contributed by atoms with van der Waals surface area (Å²) in [6.07, 6.45) is 4.88. The molecule has 0 spiro atoms. The number of likely N-dealkylation sites (tertiary alicyclic amines) is 1. The van der Waals surface area contributed by atoms with Crippen molar-refractivity contribution in [1.29, 1.82) is 0 Å². The van der Waals surface area contributed by atoms with E-state index in [1.165, 1.54) is 37.7 Å². The Bertz CT molecular complexity index is 754. The number of hydrogen-bond acceptors (Lipinski definition) is 5. The molecule has 5 heteroatoms. The number of carbonyl (C=O) groups is 1. The molecule has 0 aliphatic carbocycles. The predicted molar refractivity (Wildman–Crippen MR) is 114 cm³/mol. The molecule has 0 amide bonds. The first-order valence-corrected chi connectivity index (χ1v) is 10.6. The molecule has 3 rings (SSSR count). The number of ketones is 1. The van der Waals surface area contributed by atoms with E-state index >= 15 is 0 Å². The molecule has 0 radical (unpaired) electrons. The Balaban J connectivity index is 1.53. The molecule has 0 aromatic heterocycles. The average Bonchev–Trinajstić information content (AvgIpc) is 3.23. The zero-order chi connectivity index (χ0) is 18.9. The van der Waals surface area contributed by atoms with Gasteiger partial charge in [-0.25, -0.2) is 4.99 Å². The second-order valence-electron chi connectivity index (χ2n) is 6.57. The summed E-state index contributed by atoms with van der Waals surface area (Å²) >= 11 is 1.51. The number of rotatable bonds is 8. The molecule has 1 aliphatic rings. The van der Waals surface area contributed by atoms with Crippen LogP contribution in [0.1, 0.15) is 29.6 Å². The van der Waals surface area contributed by atoms with Crippen LogP contribution >= 0.6 is 11.8 Å². The van der Waals surface area contributed by atoms with Crippen LogP contribution in [-0.2, 0) is 0 Å². The van der Waals surface area contributed by atoms with E-state index in [1.54, 1.807) is 0 Å². The van der Waals surface area contributed by atoms with Gasteiger partial charge in [-0.3, -0.25) is 9.69 Å². The average molecular weight is 383 g/mol. The van der Waals surface area contributed by atoms with Crippen LogP contribution in [-0.4, -0.2) is 48.2 Å². The van der Waals surface area contributed by atoms with Crippen molar-refractivity contribution in [1.82, 2.24) is 4.90 Å². The fraction of sp³-hybridized carbons (Fsp3) is 0.364. The lowest BCUT2D eigenvalue weighted by atomic mass is 10.1. The van der Waals surface area contributed by atoms with Crippen LogP contribution in [0.25, 0.3) is 0 Å². The normalized spacial score (nSPS) is 15.1. The van der Waals surface area contributed by atoms with Crippen molar-refractivity contribution < 1.29 is 9.53 Å². The van der Waals surface area contributed by atoms with Crippen molar-refractivity contribution in [3.05, 3.63) is 60.2 Å². The summed E-state index contributed by atoms with van der Waals surface area (Å²) in [6.45, 7) is 4.08. The molecule has 1 aliphatic heterocycles. The lowest BCUT2D eigenvalue weighted by Gasteiger charge is -2.14. The van der Waals surface area contributed by atoms with Gasteiger partial charge in [-0.1, -0.05) is 30.3 Å². The smallest absolute Gasteiger partial charge is 0.169 e. The van der Waals surface area contributed by atoms with Gasteiger partial charge in [0.05, 0.1) is 17.2 Å². The van der Waals surface area contributed by atoms with Crippen molar-refractivity contribution in [2.24, 2.45) is 4.99 Å². The van der Waals surface area contributed by atoms with Crippen LogP contribution in [0, 0.1) is 0 Å². The molecule has 0 unspecified atom stereocenters. The number of carbonyl (C=O) groups excluding carboxylic acids is 1. The molecule has 1 heterocycles. The van der Waals surface area contributed by atoms with Gasteiger partial charge < -0.3 is 4.74 Å². The number of ether oxygens (including phenoxy) is 1. The third-order valence-corrected chi connectivity index (χ3v) is 5.32. The molecular weight excluding hydrogens is 356 g/mol. The molecule has 0 N–H and O–H groups in total. The Morgan fingerprint density at radius 3 is 2.44 bits per heavy atom. The summed E-state index contributed by atoms with van der Waals surface area (Å²) in [7, 11) is 0. The van der Waals surface area contributed by atoms with Gasteiger partial charge in [0.25, 0.3) is 0 Å². The van der Waals surface area contributed by atoms with Gasteiger partial charge >= 0.3 is 0 Å². The van der Waals surface area contributed by atoms with Gasteiger partial charge in [0.1, 0.15) is 12.4 Å². The van der Waals surface area contributed by atoms with E-state index < -0.39 is 0 Å². The second kappa shape index (κ2) is 10.3. The number of nitrogens with zero attached hydrogens (tertiary/aromatic N) is 2. The van der Waals surface area contributed by atoms with E-state index in [2.05, 4.69) is 9.89 Å². The van der Waals surface area contributed by atoms with E-state index in [4.69, 9.17) is 4.74 Å². The first-order valence-electron chi connectivity index (χ1n) is 9.39. The number of aliphatic imine (C=N–C) groups is 1. The Morgan fingerprint density at radius 1 is 1.07 bits per heavy atom. The maximum atomic E-state index is 12.4. The fourth-order valence-electron chi connectivity index (χ4n) is 3.08. The summed E-state index contributed by atoms with van der Waals surface area (Å²) in [5.74, 6) is 0.949. The molecule has 1 fully saturated rings. The lowest BCUT2D eigenvalue weighted by molar-refractivity contribution is 0.100. The molecule has 2 aromatic carbocycles. The van der Waals surface area contributed by atoms with Crippen molar-refractivity contribution in [2.45, 2.75) is 19.3 Å². The van der Waals surface area contributed by atoms with E-state index in [0.717, 1.165) is 28.6 Å². The largest absolute Gasteiger partial charge is 0.492 e. The number of benzene rings is 2. The lowest BCUT2D eigenvalue weighted by Crippen LogP contribution is -2.25. The van der Waals surface area contributed by atoms with E-state index in [0.29, 0.717) is 13.0 Å². The van der Waals surface area contributed by atoms with E-state index in [1.807, 2.05) is 60.9 Å². The minimum atomic E-state index is 0.0885. The number of thioether (sulfide) groups is 1. The Kier molecular flexibility index (Phi) is 7.48. The summed E-state index contributed by atoms with van der Waals surface area (Å²) in [6, 6.07) is 17.1. The topological polar surface area (TPSA) is 41.9 Å². The Labute approximate surface area is 165 Å². The number of Topliss-reactive ketones (excluding diaryl/α,β-unsaturated/α-hetero) is 1. The highest BCUT2D eigenvalue weighted by atomic mass is 32.2. The first-order chi connectivity index (χ1) is 13.2. The van der Waals surface area contributed by atoms with Crippen LogP contribution in [0.3, 0.4) is 0 Å². The van der Waals surface area contributed by atoms with Crippen LogP contribution in [0.2, 0.25) is 0 Å². The zero-order valence-corrected chi connectivity index (χ0v) is 16.6. The van der Waals surface area contributed by atoms with E-state index in [9.17, 15) is 4.79 Å². The van der Waals surface area contributed by atoms with Crippen molar-refractivity contribution in [3.63, 3.8) is 0 Å². The standard InChI is InChI=1S/C22H26N2O2S/c1-27-22(17-21(25)18-7-3-2-4-8-18)23-19-9-11-20(12-10-19)26-16-15-24-13-5-6-14-24/h2-4,7-12H,5-6,13-17H2,1H3. The third kappa shape index (κ3) is 6.22. The zero-order valence-electron chi connectivity index (χ0n) is 15.8. The molecule has 27 heavy (non-hydrogen) atoms. The van der Waals surface area contributed by atoms with Crippen LogP contribution in [0.5, 0.6) is 5.75 Å². The van der Waals surface area contributed by atoms with E-state index in [-0.39, 0.29) is 5.78 Å². The van der Waals surface area contributed by atoms with Crippen molar-refractivity contribution >= 4 is 28.3 Å². The minimum absolute atomic E-state index is 0.0885. The molecule has 0 atom stereocenters. The van der Waals surface area contributed by atoms with Gasteiger partial charge in [0.15, 0.2) is 5.78 Å². The maximum Gasteiger partial charge on any atom is 0.169 e. The summed E-state index contributed by atoms with van der Waals surface area (Å²) < 4.78 is 5.83. The summed E-state index contributed by atoms with van der Waals surface area (Å²) in [4.78, 5) is 19.4. The molecular formula is C22H26N2O2S. The summed E-state index contributed by atoms with van der Waals surface area (Å²) in [5.41, 5.74) is 1.56. The maximum absolute atomic E-state index is 12.4. The number of hydrogen-bond donors (Lipinski definition) is 0. The first kappa shape index (κ1) is 19.6. The van der Waals surface area contributed by atoms with Crippen molar-refractivity contribution in [3.8, 4) is 5.75 Å². The molecule has 0 saturated carbocycles. The van der Waals surface area contributed by atoms with Crippen molar-refractivity contribution in [2.75, 3.05) is 32.5 Å². The fourth-order valence-corrected chi connectivity index (χ4v) is 3.55. The summed E-state index contributed by atoms with van der Waals surface area (Å²) in [5, 5.41) is 0.812. The molecule has 1 saturated heterocycles. The van der Waals surface area contributed by atoms with Gasteiger partial charge in [0, 0.05) is 12.1 Å². The highest BCUT2D eigenvalue weighted by Crippen LogP contribution is 2.21. The molecule has 142 valence electrons. The molecule has 4 nitrogen and oxygen atoms in total. The Morgan fingerprint density at radius 2 is 1.78 bits per heavy atom. The second-order valence-corrected chi connectivity index (χ2v) is 7.45. The highest BCUT2D eigenvalue weighted by molar-refractivity contribution is 8.13. The highest BCUT2D eigenvalue weighted by Gasteiger charge is 2.11. The predicted octanol–water partition coefficient (Wildman–Crippen LogP) is 4.83. The third-order valence-electron chi connectivity index (χ3n) is 4.61. The molecule has 0 bridgehead atoms. The monoisotopic (exact) mass is 382 g/mol. The van der Waals surface area contributed by atoms with Gasteiger partial charge in [-0.05, 0) is 56.5 Å². The van der Waals surface area contributed by atoms with Gasteiger partial charge in [0.2, 0.25) is 0 Å².